The number of aliphatic hydroxyl groups is 17. The molecule has 35 nitrogen and oxygen atoms in total. The molecular formula is C80H145N3O32. The lowest BCUT2D eigenvalue weighted by molar-refractivity contribution is -0.401. The maximum Gasteiger partial charge on any atom is 0.220 e. The molecule has 6 fully saturated rings. The van der Waals surface area contributed by atoms with Crippen LogP contribution in [-0.4, -0.2) is 340 Å². The molecule has 6 aliphatic rings. The van der Waals surface area contributed by atoms with Gasteiger partial charge in [-0.3, -0.25) is 14.4 Å². The van der Waals surface area contributed by atoms with E-state index in [-0.39, 0.29) is 12.3 Å². The molecule has 115 heavy (non-hydrogen) atoms. The van der Waals surface area contributed by atoms with Crippen LogP contribution >= 0.6 is 0 Å². The quantitative estimate of drug-likeness (QED) is 0.0285. The molecule has 20 N–H and O–H groups in total. The standard InChI is InChI=1S/C80H145N3O32/c1-6-8-10-12-14-16-18-20-21-22-23-24-25-27-29-31-33-35-37-39-56(92)83-49(50(91)38-36-34-32-30-28-26-19-17-15-13-11-9-7-2)45-104-77-67(101)65(99)70(54(43-87)109-77)111-80-69(103)74(71(55(44-88)110-80)112-75-57(81-47(4)89)63(97)60(94)51(40-84)106-75)115-79-68(102)73(62(96)53(42-86)108-79)114-76-58(82-48(5)90)72(61(95)52(41-85)107-76)113-78-66(100)64(98)59(93)46(3)105-78/h36,38,46,49-55,57-80,84-88,91,93-103H,6-35,37,39-45H2,1-5H3,(H,81,89)(H,82,90)(H,83,92)/b38-36+/t46?,49-,50+,51?,52?,53?,54?,55?,57?,58?,59+,60-,61+,62-,63+,64?,65+,66-,67?,68?,69?,70+,71-,72+,73-,74+,75-,76-,77+,78+,79+,80-/m0/s1. The lowest BCUT2D eigenvalue weighted by Crippen LogP contribution is -2.71. The van der Waals surface area contributed by atoms with Crippen LogP contribution in [0.5, 0.6) is 0 Å². The number of carbonyl (C=O) groups excluding carboxylic acids is 3. The first-order chi connectivity index (χ1) is 55.3. The van der Waals surface area contributed by atoms with Crippen LogP contribution in [0.15, 0.2) is 12.2 Å². The van der Waals surface area contributed by atoms with Crippen LogP contribution in [-0.2, 0) is 71.2 Å². The zero-order valence-electron chi connectivity index (χ0n) is 68.2. The van der Waals surface area contributed by atoms with Crippen molar-refractivity contribution in [1.29, 1.82) is 0 Å². The van der Waals surface area contributed by atoms with Gasteiger partial charge in [-0.2, -0.15) is 0 Å². The van der Waals surface area contributed by atoms with Crippen molar-refractivity contribution in [3.63, 3.8) is 0 Å². The Morgan fingerprint density at radius 2 is 0.722 bits per heavy atom. The summed E-state index contributed by atoms with van der Waals surface area (Å²) in [5.41, 5.74) is 0. The van der Waals surface area contributed by atoms with E-state index in [0.29, 0.717) is 12.8 Å². The fourth-order valence-corrected chi connectivity index (χ4v) is 15.7. The number of allylic oxidation sites excluding steroid dienone is 1. The first-order valence-electron chi connectivity index (χ1n) is 42.8. The van der Waals surface area contributed by atoms with Gasteiger partial charge < -0.3 is 160 Å². The number of carbonyl (C=O) groups is 3. The fourth-order valence-electron chi connectivity index (χ4n) is 15.7. The summed E-state index contributed by atoms with van der Waals surface area (Å²) in [6, 6.07) is -4.57. The second-order valence-electron chi connectivity index (χ2n) is 32.1. The third-order valence-corrected chi connectivity index (χ3v) is 22.7. The van der Waals surface area contributed by atoms with E-state index in [9.17, 15) is 101 Å². The Morgan fingerprint density at radius 3 is 1.22 bits per heavy atom. The Bertz CT molecular complexity index is 2650. The molecule has 0 aliphatic carbocycles. The number of amides is 3. The molecule has 32 atom stereocenters. The smallest absolute Gasteiger partial charge is 0.220 e. The van der Waals surface area contributed by atoms with E-state index in [1.807, 2.05) is 6.08 Å². The number of unbranched alkanes of at least 4 members (excludes halogenated alkanes) is 29. The average molecular weight is 1660 g/mol. The highest BCUT2D eigenvalue weighted by Gasteiger charge is 2.59. The molecule has 0 aromatic carbocycles. The summed E-state index contributed by atoms with van der Waals surface area (Å²) >= 11 is 0. The Kier molecular flexibility index (Phi) is 47.8. The van der Waals surface area contributed by atoms with Gasteiger partial charge in [0.25, 0.3) is 0 Å². The number of hydrogen-bond donors (Lipinski definition) is 20. The topological polar surface area (TPSA) is 542 Å². The van der Waals surface area contributed by atoms with E-state index < -0.39 is 248 Å². The van der Waals surface area contributed by atoms with E-state index >= 15 is 0 Å². The second-order valence-corrected chi connectivity index (χ2v) is 32.1. The molecule has 12 unspecified atom stereocenters. The summed E-state index contributed by atoms with van der Waals surface area (Å²) in [6.07, 6.45) is -15.7. The summed E-state index contributed by atoms with van der Waals surface area (Å²) in [5, 5.41) is 200. The van der Waals surface area contributed by atoms with Gasteiger partial charge in [-0.05, 0) is 26.2 Å². The number of rotatable bonds is 55. The van der Waals surface area contributed by atoms with Crippen LogP contribution in [0.3, 0.4) is 0 Å². The molecule has 3 amide bonds. The lowest BCUT2D eigenvalue weighted by Gasteiger charge is -2.51. The van der Waals surface area contributed by atoms with Crippen LogP contribution < -0.4 is 16.0 Å². The molecule has 0 saturated carbocycles. The van der Waals surface area contributed by atoms with Gasteiger partial charge in [0.05, 0.1) is 57.9 Å². The summed E-state index contributed by atoms with van der Waals surface area (Å²) in [6.45, 7) is 2.21. The highest BCUT2D eigenvalue weighted by atomic mass is 16.8. The van der Waals surface area contributed by atoms with Crippen molar-refractivity contribution in [2.24, 2.45) is 0 Å². The SMILES string of the molecule is CCCCCCCCCCCCC/C=C/[C@@H](O)[C@H](CO[C@@H]1OC(CO)[C@@H](O[C@@H]2OC(CO)[C@H](O[C@@H]3OC(CO)[C@H](O)[C@H](O)C3NC(C)=O)[C@H](O[C@H]3OC(CO)[C@H](O)[C@H](O[C@@H]4OC(CO)[C@@H](O)[C@H](O[C@H]5OC(C)[C@@H](O)C(O)[C@@H]5O)C4NC(C)=O)C3O)C2O)[C@H](O)C1O)NC(=O)CCCCCCCCCCCCCCCCCCCCC. The van der Waals surface area contributed by atoms with E-state index in [4.69, 9.17) is 56.8 Å². The molecule has 35 heteroatoms. The zero-order chi connectivity index (χ0) is 84.1. The summed E-state index contributed by atoms with van der Waals surface area (Å²) in [7, 11) is 0. The van der Waals surface area contributed by atoms with Crippen molar-refractivity contribution in [2.75, 3.05) is 39.6 Å². The second kappa shape index (κ2) is 54.5. The molecule has 6 rings (SSSR count). The molecule has 0 radical (unpaired) electrons. The van der Waals surface area contributed by atoms with Gasteiger partial charge in [0.1, 0.15) is 140 Å². The van der Waals surface area contributed by atoms with Gasteiger partial charge in [-0.1, -0.05) is 206 Å². The molecule has 0 aromatic heterocycles. The van der Waals surface area contributed by atoms with E-state index in [2.05, 4.69) is 29.8 Å². The number of hydrogen-bond acceptors (Lipinski definition) is 32. The minimum Gasteiger partial charge on any atom is -0.394 e. The Balaban J connectivity index is 1.17. The maximum atomic E-state index is 13.7. The molecule has 6 aliphatic heterocycles. The first-order valence-corrected chi connectivity index (χ1v) is 42.8. The van der Waals surface area contributed by atoms with Gasteiger partial charge in [0, 0.05) is 20.3 Å². The number of ether oxygens (including phenoxy) is 12. The molecule has 6 saturated heterocycles. The lowest BCUT2D eigenvalue weighted by atomic mass is 9.94. The Labute approximate surface area is 677 Å². The van der Waals surface area contributed by atoms with E-state index in [0.717, 1.165) is 65.2 Å². The summed E-state index contributed by atoms with van der Waals surface area (Å²) < 4.78 is 72.5. The third-order valence-electron chi connectivity index (χ3n) is 22.7. The van der Waals surface area contributed by atoms with Crippen LogP contribution in [0.2, 0.25) is 0 Å². The van der Waals surface area contributed by atoms with Crippen molar-refractivity contribution in [2.45, 2.75) is 436 Å². The van der Waals surface area contributed by atoms with Gasteiger partial charge in [-0.15, -0.1) is 0 Å². The van der Waals surface area contributed by atoms with Crippen molar-refractivity contribution < 1.29 is 158 Å². The van der Waals surface area contributed by atoms with Gasteiger partial charge in [0.15, 0.2) is 37.7 Å². The van der Waals surface area contributed by atoms with Crippen molar-refractivity contribution in [3.05, 3.63) is 12.2 Å². The van der Waals surface area contributed by atoms with Crippen LogP contribution in [0, 0.1) is 0 Å². The molecule has 672 valence electrons. The minimum absolute atomic E-state index is 0.153. The minimum atomic E-state index is -2.37. The van der Waals surface area contributed by atoms with Crippen molar-refractivity contribution in [3.8, 4) is 0 Å². The number of nitrogens with one attached hydrogen (secondary N) is 3. The normalized spacial score (nSPS) is 36.5. The largest absolute Gasteiger partial charge is 0.394 e. The molecule has 0 aromatic rings. The van der Waals surface area contributed by atoms with Crippen molar-refractivity contribution >= 4 is 17.7 Å². The highest BCUT2D eigenvalue weighted by Crippen LogP contribution is 2.39. The Hall–Kier alpha value is -3.01. The van der Waals surface area contributed by atoms with E-state index in [1.165, 1.54) is 142 Å². The van der Waals surface area contributed by atoms with Crippen LogP contribution in [0.4, 0.5) is 0 Å². The third kappa shape index (κ3) is 31.7. The average Bonchev–Trinajstić information content (AvgIpc) is 0.762. The predicted molar refractivity (Wildman–Crippen MR) is 411 cm³/mol. The number of aliphatic hydroxyl groups excluding tert-OH is 17. The van der Waals surface area contributed by atoms with Gasteiger partial charge in [0.2, 0.25) is 17.7 Å². The maximum absolute atomic E-state index is 13.7. The summed E-state index contributed by atoms with van der Waals surface area (Å²) in [5.74, 6) is -2.00. The predicted octanol–water partition coefficient (Wildman–Crippen LogP) is 0.164. The van der Waals surface area contributed by atoms with Crippen molar-refractivity contribution in [1.82, 2.24) is 16.0 Å². The Morgan fingerprint density at radius 1 is 0.357 bits per heavy atom. The summed E-state index contributed by atoms with van der Waals surface area (Å²) in [4.78, 5) is 39.2. The van der Waals surface area contributed by atoms with E-state index in [1.54, 1.807) is 6.08 Å². The van der Waals surface area contributed by atoms with Crippen LogP contribution in [0.1, 0.15) is 240 Å². The molecule has 6 heterocycles. The zero-order valence-corrected chi connectivity index (χ0v) is 68.2. The highest BCUT2D eigenvalue weighted by molar-refractivity contribution is 5.76. The molecule has 0 spiro atoms. The monoisotopic (exact) mass is 1660 g/mol. The first kappa shape index (κ1) is 101. The van der Waals surface area contributed by atoms with Gasteiger partial charge >= 0.3 is 0 Å². The fraction of sp³-hybridized carbons (Fsp3) is 0.938. The van der Waals surface area contributed by atoms with Gasteiger partial charge in [-0.25, -0.2) is 0 Å². The van der Waals surface area contributed by atoms with Crippen LogP contribution in [0.25, 0.3) is 0 Å². The molecule has 0 bridgehead atoms. The molecular weight excluding hydrogens is 1510 g/mol.